The van der Waals surface area contributed by atoms with Crippen molar-refractivity contribution in [1.29, 1.82) is 0 Å². The summed E-state index contributed by atoms with van der Waals surface area (Å²) in [5.41, 5.74) is 3.19. The normalized spacial score (nSPS) is 23.3. The Kier molecular flexibility index (Phi) is 41.5. The van der Waals surface area contributed by atoms with Crippen molar-refractivity contribution in [2.45, 2.75) is 386 Å². The van der Waals surface area contributed by atoms with Gasteiger partial charge < -0.3 is 43.9 Å². The molecule has 8 rings (SSSR count). The summed E-state index contributed by atoms with van der Waals surface area (Å²) in [6.07, 6.45) is 55.7. The Morgan fingerprint density at radius 1 is 0.505 bits per heavy atom. The number of nitrogens with one attached hydrogen (secondary N) is 1. The zero-order valence-electron chi connectivity index (χ0n) is 71.0. The molecule has 14 heteroatoms. The van der Waals surface area contributed by atoms with Crippen LogP contribution >= 0.6 is 0 Å². The first kappa shape index (κ1) is 90.9. The fourth-order valence-corrected chi connectivity index (χ4v) is 21.2. The number of benzene rings is 3. The highest BCUT2D eigenvalue weighted by molar-refractivity contribution is 5.78. The highest BCUT2D eigenvalue weighted by Crippen LogP contribution is 2.68. The van der Waals surface area contributed by atoms with E-state index >= 15 is 0 Å². The first-order valence-electron chi connectivity index (χ1n) is 46.0. The van der Waals surface area contributed by atoms with E-state index in [-0.39, 0.29) is 49.3 Å². The maximum Gasteiger partial charge on any atom is 0.407 e. The molecule has 0 aromatic heterocycles. The minimum absolute atomic E-state index is 0.0932. The highest BCUT2D eigenvalue weighted by atomic mass is 16.6. The van der Waals surface area contributed by atoms with Crippen LogP contribution in [0.25, 0.3) is 0 Å². The van der Waals surface area contributed by atoms with E-state index in [0.717, 1.165) is 80.1 Å². The van der Waals surface area contributed by atoms with Gasteiger partial charge in [0, 0.05) is 38.9 Å². The van der Waals surface area contributed by atoms with Crippen LogP contribution in [0.4, 0.5) is 4.79 Å². The van der Waals surface area contributed by atoms with Crippen LogP contribution in [-0.4, -0.2) is 103 Å². The smallest absolute Gasteiger partial charge is 0.407 e. The van der Waals surface area contributed by atoms with Gasteiger partial charge in [-0.25, -0.2) is 4.79 Å². The average molecular weight is 1540 g/mol. The third kappa shape index (κ3) is 29.9. The van der Waals surface area contributed by atoms with Crippen LogP contribution in [0.15, 0.2) is 78.9 Å². The third-order valence-electron chi connectivity index (χ3n) is 27.8. The molecule has 4 saturated carbocycles. The Labute approximate surface area is 674 Å². The molecule has 1 aliphatic heterocycles. The predicted molar refractivity (Wildman–Crippen MR) is 451 cm³/mol. The summed E-state index contributed by atoms with van der Waals surface area (Å²) in [6.45, 7) is 14.9. The second kappa shape index (κ2) is 50.7. The topological polar surface area (TPSA) is 170 Å². The molecule has 0 bridgehead atoms. The van der Waals surface area contributed by atoms with Gasteiger partial charge in [-0.3, -0.25) is 19.2 Å². The molecule has 3 aromatic rings. The number of carbonyl (C=O) groups excluding carboxylic acids is 4. The summed E-state index contributed by atoms with van der Waals surface area (Å²) in [6, 6.07) is 24.7. The fourth-order valence-electron chi connectivity index (χ4n) is 21.2. The van der Waals surface area contributed by atoms with Crippen LogP contribution in [-0.2, 0) is 33.4 Å². The first-order chi connectivity index (χ1) is 54.1. The summed E-state index contributed by atoms with van der Waals surface area (Å²) in [7, 11) is 3.26. The number of fused-ring (bicyclic) bond motifs is 5. The predicted octanol–water partition coefficient (Wildman–Crippen LogP) is 25.0. The Hall–Kier alpha value is -5.63. The molecule has 111 heavy (non-hydrogen) atoms. The number of methoxy groups -OCH3 is 2. The molecule has 624 valence electrons. The lowest BCUT2D eigenvalue weighted by molar-refractivity contribution is -0.152. The van der Waals surface area contributed by atoms with Gasteiger partial charge in [0.1, 0.15) is 35.9 Å². The molecule has 0 spiro atoms. The number of unbranched alkanes of at least 4 members (excludes halogenated alkanes) is 32. The number of ether oxygens (including phenoxy) is 5. The Bertz CT molecular complexity index is 2990. The fraction of sp³-hybridized carbons (Fsp3) is 0.763. The quantitative estimate of drug-likeness (QED) is 0.0407. The molecule has 14 nitrogen and oxygen atoms in total. The van der Waals surface area contributed by atoms with Gasteiger partial charge >= 0.3 is 18.0 Å². The van der Waals surface area contributed by atoms with Crippen molar-refractivity contribution >= 4 is 29.8 Å². The van der Waals surface area contributed by atoms with Crippen LogP contribution < -0.4 is 14.8 Å². The van der Waals surface area contributed by atoms with Crippen LogP contribution in [0.1, 0.15) is 385 Å². The molecular weight excluding hydrogens is 1380 g/mol. The standard InChI is InChI=1S/C97H155N3O11/c1-8-10-12-14-16-18-20-22-24-26-28-30-32-34-36-44-70-99(71-45-37-35-33-31-29-27-25-23-21-19-17-15-13-11-9-2)89(101)62-49-75(3)85-60-61-86-84-59-54-79-72-82(65-67-96(79,4)87(84)66-68-97(85,86)5)110-95(106)98-69-43-39-42-48-90(102)100-74-83(109-92(105)64-63-91(103)104)73-88(100)94(76-46-40-38-41-47-76)111-93(77-50-55-80(107-6)56-51-77)78-52-57-81(108-7)58-53-78/h38,40-41,46-47,50-53,55-58,75,79,82-88,93-94H,8-37,39,42-45,48-49,54,59-74H2,1-7H3,(H,98,106)(H,103,104). The lowest BCUT2D eigenvalue weighted by Crippen LogP contribution is -2.54. The largest absolute Gasteiger partial charge is 0.497 e. The van der Waals surface area contributed by atoms with Gasteiger partial charge in [-0.1, -0.05) is 288 Å². The summed E-state index contributed by atoms with van der Waals surface area (Å²) in [4.78, 5) is 71.2. The number of carboxylic acids is 1. The summed E-state index contributed by atoms with van der Waals surface area (Å²) < 4.78 is 30.5. The van der Waals surface area contributed by atoms with E-state index in [9.17, 15) is 29.1 Å². The molecule has 1 saturated heterocycles. The number of esters is 1. The highest BCUT2D eigenvalue weighted by Gasteiger charge is 2.61. The van der Waals surface area contributed by atoms with Crippen LogP contribution in [0.2, 0.25) is 0 Å². The number of alkyl carbamates (subject to hydrolysis) is 1. The summed E-state index contributed by atoms with van der Waals surface area (Å²) in [5, 5.41) is 12.4. The number of hydrogen-bond acceptors (Lipinski definition) is 10. The van der Waals surface area contributed by atoms with E-state index in [1.54, 1.807) is 19.1 Å². The van der Waals surface area contributed by atoms with Gasteiger partial charge in [-0.2, -0.15) is 0 Å². The molecule has 2 N–H and O–H groups in total. The monoisotopic (exact) mass is 1540 g/mol. The number of carbonyl (C=O) groups is 5. The minimum Gasteiger partial charge on any atom is -0.497 e. The molecule has 0 radical (unpaired) electrons. The summed E-state index contributed by atoms with van der Waals surface area (Å²) in [5.74, 6) is 4.00. The molecular formula is C97H155N3O11. The molecule has 3 amide bonds. The number of likely N-dealkylation sites (tertiary alicyclic amines) is 1. The van der Waals surface area contributed by atoms with E-state index in [4.69, 9.17) is 23.7 Å². The van der Waals surface area contributed by atoms with Gasteiger partial charge in [-0.05, 0) is 177 Å². The molecule has 5 aliphatic rings. The number of hydrogen-bond donors (Lipinski definition) is 2. The third-order valence-corrected chi connectivity index (χ3v) is 27.8. The Morgan fingerprint density at radius 3 is 1.51 bits per heavy atom. The lowest BCUT2D eigenvalue weighted by atomic mass is 9.44. The maximum absolute atomic E-state index is 14.6. The molecule has 12 unspecified atom stereocenters. The second-order valence-corrected chi connectivity index (χ2v) is 35.7. The SMILES string of the molecule is CCCCCCCCCCCCCCCCCCN(CCCCCCCCCCCCCCCCCC)C(=O)CCC(C)C1CCC2C3CCC4CC(OC(=O)NCCCCCC(=O)N5CC(OC(=O)CCC(=O)O)CC5C(OC(c5ccc(OC)cc5)c5ccc(OC)cc5)c5ccccc5)CCC4(C)C3CCC12C. The molecule has 1 heterocycles. The van der Waals surface area contributed by atoms with Gasteiger partial charge in [0.05, 0.1) is 39.6 Å². The lowest BCUT2D eigenvalue weighted by Gasteiger charge is -2.61. The van der Waals surface area contributed by atoms with E-state index in [2.05, 4.69) is 44.8 Å². The van der Waals surface area contributed by atoms with Crippen molar-refractivity contribution in [3.05, 3.63) is 95.6 Å². The number of rotatable bonds is 57. The van der Waals surface area contributed by atoms with Crippen molar-refractivity contribution < 1.29 is 52.8 Å². The van der Waals surface area contributed by atoms with Crippen LogP contribution in [0.3, 0.4) is 0 Å². The first-order valence-corrected chi connectivity index (χ1v) is 46.0. The van der Waals surface area contributed by atoms with Gasteiger partial charge in [-0.15, -0.1) is 0 Å². The zero-order chi connectivity index (χ0) is 78.9. The molecule has 5 fully saturated rings. The van der Waals surface area contributed by atoms with Gasteiger partial charge in [0.2, 0.25) is 11.8 Å². The summed E-state index contributed by atoms with van der Waals surface area (Å²) >= 11 is 0. The van der Waals surface area contributed by atoms with Crippen molar-refractivity contribution in [3.63, 3.8) is 0 Å². The van der Waals surface area contributed by atoms with Crippen LogP contribution in [0, 0.1) is 46.3 Å². The average Bonchev–Trinajstić information content (AvgIpc) is 1.66. The van der Waals surface area contributed by atoms with Crippen molar-refractivity contribution in [2.24, 2.45) is 46.3 Å². The zero-order valence-corrected chi connectivity index (χ0v) is 71.0. The van der Waals surface area contributed by atoms with E-state index in [0.29, 0.717) is 85.1 Å². The second-order valence-electron chi connectivity index (χ2n) is 35.7. The maximum atomic E-state index is 14.6. The number of nitrogens with zero attached hydrogens (tertiary/aromatic N) is 2. The minimum atomic E-state index is -1.09. The number of aliphatic carboxylic acids is 1. The van der Waals surface area contributed by atoms with E-state index in [1.807, 2.05) is 78.9 Å². The number of amides is 3. The van der Waals surface area contributed by atoms with Crippen LogP contribution in [0.5, 0.6) is 11.5 Å². The van der Waals surface area contributed by atoms with Crippen molar-refractivity contribution in [2.75, 3.05) is 40.4 Å². The van der Waals surface area contributed by atoms with E-state index < -0.39 is 36.3 Å². The molecule has 4 aliphatic carbocycles. The molecule has 3 aromatic carbocycles. The molecule has 12 atom stereocenters. The van der Waals surface area contributed by atoms with Crippen molar-refractivity contribution in [1.82, 2.24) is 15.1 Å². The van der Waals surface area contributed by atoms with Gasteiger partial charge in [0.15, 0.2) is 0 Å². The van der Waals surface area contributed by atoms with Crippen molar-refractivity contribution in [3.8, 4) is 11.5 Å². The number of carboxylic acid groups (broad SMARTS) is 1. The Morgan fingerprint density at radius 2 is 1.00 bits per heavy atom. The Balaban J connectivity index is 0.760. The van der Waals surface area contributed by atoms with Gasteiger partial charge in [0.25, 0.3) is 0 Å². The van der Waals surface area contributed by atoms with E-state index in [1.165, 1.54) is 231 Å².